The van der Waals surface area contributed by atoms with E-state index in [9.17, 15) is 8.42 Å². The van der Waals surface area contributed by atoms with Crippen LogP contribution in [0.1, 0.15) is 58.2 Å². The molecule has 0 radical (unpaired) electrons. The van der Waals surface area contributed by atoms with E-state index in [1.807, 2.05) is 25.1 Å². The van der Waals surface area contributed by atoms with Crippen LogP contribution < -0.4 is 4.72 Å². The summed E-state index contributed by atoms with van der Waals surface area (Å²) >= 11 is 0. The molecule has 0 bridgehead atoms. The first kappa shape index (κ1) is 18.1. The molecule has 0 aromatic carbocycles. The van der Waals surface area contributed by atoms with Gasteiger partial charge in [-0.2, -0.15) is 17.4 Å². The summed E-state index contributed by atoms with van der Waals surface area (Å²) in [5, 5.41) is 0. The van der Waals surface area contributed by atoms with E-state index in [4.69, 9.17) is 0 Å². The minimum absolute atomic E-state index is 0.332. The lowest BCUT2D eigenvalue weighted by Gasteiger charge is -2.24. The average molecular weight is 313 g/mol. The predicted molar refractivity (Wildman–Crippen MR) is 86.1 cm³/mol. The van der Waals surface area contributed by atoms with Crippen LogP contribution in [-0.4, -0.2) is 30.8 Å². The topological polar surface area (TPSA) is 62.3 Å². The molecule has 120 valence electrons. The van der Waals surface area contributed by atoms with Crippen molar-refractivity contribution in [2.45, 2.75) is 52.5 Å². The van der Waals surface area contributed by atoms with Crippen LogP contribution in [0.5, 0.6) is 0 Å². The van der Waals surface area contributed by atoms with Gasteiger partial charge in [-0.1, -0.05) is 32.8 Å². The molecule has 0 fully saturated rings. The third-order valence-electron chi connectivity index (χ3n) is 3.32. The quantitative estimate of drug-likeness (QED) is 0.722. The van der Waals surface area contributed by atoms with E-state index in [2.05, 4.69) is 23.6 Å². The van der Waals surface area contributed by atoms with Crippen molar-refractivity contribution in [3.63, 3.8) is 0 Å². The molecule has 0 aliphatic heterocycles. The van der Waals surface area contributed by atoms with E-state index < -0.39 is 10.2 Å². The maximum absolute atomic E-state index is 12.5. The Kier molecular flexibility index (Phi) is 7.85. The van der Waals surface area contributed by atoms with Crippen molar-refractivity contribution in [1.29, 1.82) is 0 Å². The molecule has 1 aromatic rings. The van der Waals surface area contributed by atoms with Crippen molar-refractivity contribution >= 4 is 10.2 Å². The standard InChI is InChI=1S/C15H27N3O2S/c1-4-6-12-18(13-7-5-2)21(19,20)17-14(3)15-10-8-9-11-16-15/h8-11,14,17H,4-7,12-13H2,1-3H3/t14-/m0/s1. The molecule has 0 saturated carbocycles. The van der Waals surface area contributed by atoms with Crippen LogP contribution in [0, 0.1) is 0 Å². The van der Waals surface area contributed by atoms with Gasteiger partial charge in [0.1, 0.15) is 0 Å². The highest BCUT2D eigenvalue weighted by molar-refractivity contribution is 7.87. The molecule has 0 aliphatic rings. The van der Waals surface area contributed by atoms with Crippen molar-refractivity contribution in [1.82, 2.24) is 14.0 Å². The third-order valence-corrected chi connectivity index (χ3v) is 5.02. The minimum atomic E-state index is -3.47. The maximum Gasteiger partial charge on any atom is 0.280 e. The molecule has 1 atom stereocenters. The lowest BCUT2D eigenvalue weighted by atomic mass is 10.2. The smallest absolute Gasteiger partial charge is 0.260 e. The summed E-state index contributed by atoms with van der Waals surface area (Å²) in [4.78, 5) is 4.20. The minimum Gasteiger partial charge on any atom is -0.260 e. The van der Waals surface area contributed by atoms with E-state index >= 15 is 0 Å². The molecule has 0 saturated heterocycles. The van der Waals surface area contributed by atoms with Gasteiger partial charge in [0.05, 0.1) is 11.7 Å². The fourth-order valence-corrected chi connectivity index (χ4v) is 3.47. The Hall–Kier alpha value is -0.980. The van der Waals surface area contributed by atoms with E-state index in [1.54, 1.807) is 10.5 Å². The molecule has 5 nitrogen and oxygen atoms in total. The van der Waals surface area contributed by atoms with Gasteiger partial charge in [-0.25, -0.2) is 0 Å². The highest BCUT2D eigenvalue weighted by Crippen LogP contribution is 2.12. The fourth-order valence-electron chi connectivity index (χ4n) is 2.01. The Morgan fingerprint density at radius 3 is 2.29 bits per heavy atom. The zero-order chi connectivity index (χ0) is 15.7. The van der Waals surface area contributed by atoms with Gasteiger partial charge in [-0.3, -0.25) is 4.98 Å². The SMILES string of the molecule is CCCCN(CCCC)S(=O)(=O)N[C@@H](C)c1ccccn1. The number of pyridine rings is 1. The Bertz CT molecular complexity index is 483. The van der Waals surface area contributed by atoms with Gasteiger partial charge in [0.15, 0.2) is 0 Å². The van der Waals surface area contributed by atoms with E-state index in [0.717, 1.165) is 31.4 Å². The zero-order valence-corrected chi connectivity index (χ0v) is 14.1. The summed E-state index contributed by atoms with van der Waals surface area (Å²) < 4.78 is 29.3. The highest BCUT2D eigenvalue weighted by Gasteiger charge is 2.23. The number of unbranched alkanes of at least 4 members (excludes halogenated alkanes) is 2. The van der Waals surface area contributed by atoms with Crippen LogP contribution in [-0.2, 0) is 10.2 Å². The molecule has 0 spiro atoms. The van der Waals surface area contributed by atoms with Crippen LogP contribution in [0.2, 0.25) is 0 Å². The first-order valence-corrected chi connectivity index (χ1v) is 9.13. The molecule has 1 rings (SSSR count). The molecule has 1 aromatic heterocycles. The predicted octanol–water partition coefficient (Wildman–Crippen LogP) is 2.88. The lowest BCUT2D eigenvalue weighted by Crippen LogP contribution is -2.42. The molecule has 0 unspecified atom stereocenters. The van der Waals surface area contributed by atoms with E-state index in [0.29, 0.717) is 13.1 Å². The molecule has 0 aliphatic carbocycles. The number of nitrogens with one attached hydrogen (secondary N) is 1. The first-order chi connectivity index (χ1) is 10.0. The van der Waals surface area contributed by atoms with Crippen molar-refractivity contribution < 1.29 is 8.42 Å². The Balaban J connectivity index is 2.75. The molecule has 1 heterocycles. The molecule has 0 amide bonds. The summed E-state index contributed by atoms with van der Waals surface area (Å²) in [5.74, 6) is 0. The largest absolute Gasteiger partial charge is 0.280 e. The number of hydrogen-bond donors (Lipinski definition) is 1. The van der Waals surface area contributed by atoms with Crippen molar-refractivity contribution in [2.24, 2.45) is 0 Å². The van der Waals surface area contributed by atoms with E-state index in [-0.39, 0.29) is 6.04 Å². The van der Waals surface area contributed by atoms with Crippen LogP contribution in [0.25, 0.3) is 0 Å². The van der Waals surface area contributed by atoms with Gasteiger partial charge in [-0.05, 0) is 31.9 Å². The number of nitrogens with zero attached hydrogens (tertiary/aromatic N) is 2. The van der Waals surface area contributed by atoms with Crippen molar-refractivity contribution in [3.8, 4) is 0 Å². The van der Waals surface area contributed by atoms with Crippen LogP contribution in [0.4, 0.5) is 0 Å². The monoisotopic (exact) mass is 313 g/mol. The molecular formula is C15H27N3O2S. The number of rotatable bonds is 10. The molecular weight excluding hydrogens is 286 g/mol. The summed E-state index contributed by atoms with van der Waals surface area (Å²) in [7, 11) is -3.47. The average Bonchev–Trinajstić information content (AvgIpc) is 2.47. The third kappa shape index (κ3) is 6.11. The van der Waals surface area contributed by atoms with Crippen LogP contribution in [0.15, 0.2) is 24.4 Å². The van der Waals surface area contributed by atoms with Gasteiger partial charge in [0.25, 0.3) is 10.2 Å². The summed E-state index contributed by atoms with van der Waals surface area (Å²) in [6.07, 6.45) is 5.39. The number of hydrogen-bond acceptors (Lipinski definition) is 3. The maximum atomic E-state index is 12.5. The zero-order valence-electron chi connectivity index (χ0n) is 13.2. The van der Waals surface area contributed by atoms with Crippen LogP contribution >= 0.6 is 0 Å². The second kappa shape index (κ2) is 9.12. The lowest BCUT2D eigenvalue weighted by molar-refractivity contribution is 0.384. The normalized spacial score (nSPS) is 13.5. The summed E-state index contributed by atoms with van der Waals surface area (Å²) in [5.41, 5.74) is 0.729. The molecule has 6 heteroatoms. The van der Waals surface area contributed by atoms with Gasteiger partial charge < -0.3 is 0 Å². The van der Waals surface area contributed by atoms with E-state index in [1.165, 1.54) is 0 Å². The fraction of sp³-hybridized carbons (Fsp3) is 0.667. The second-order valence-electron chi connectivity index (χ2n) is 5.21. The molecule has 1 N–H and O–H groups in total. The van der Waals surface area contributed by atoms with Crippen molar-refractivity contribution in [2.75, 3.05) is 13.1 Å². The summed E-state index contributed by atoms with van der Waals surface area (Å²) in [6, 6.07) is 5.18. The van der Waals surface area contributed by atoms with Gasteiger partial charge in [0, 0.05) is 19.3 Å². The van der Waals surface area contributed by atoms with Crippen molar-refractivity contribution in [3.05, 3.63) is 30.1 Å². The summed E-state index contributed by atoms with van der Waals surface area (Å²) in [6.45, 7) is 7.09. The van der Waals surface area contributed by atoms with Gasteiger partial charge in [0.2, 0.25) is 0 Å². The second-order valence-corrected chi connectivity index (χ2v) is 6.91. The Labute approximate surface area is 129 Å². The first-order valence-electron chi connectivity index (χ1n) is 7.69. The van der Waals surface area contributed by atoms with Gasteiger partial charge in [-0.15, -0.1) is 0 Å². The Morgan fingerprint density at radius 2 is 1.81 bits per heavy atom. The number of aromatic nitrogens is 1. The van der Waals surface area contributed by atoms with Crippen LogP contribution in [0.3, 0.4) is 0 Å². The highest BCUT2D eigenvalue weighted by atomic mass is 32.2. The Morgan fingerprint density at radius 1 is 1.19 bits per heavy atom. The molecule has 21 heavy (non-hydrogen) atoms. The van der Waals surface area contributed by atoms with Gasteiger partial charge >= 0.3 is 0 Å².